The Kier molecular flexibility index (Phi) is 6.29. The molecule has 3 N–H and O–H groups in total. The van der Waals surface area contributed by atoms with Crippen LogP contribution in [-0.4, -0.2) is 55.1 Å². The van der Waals surface area contributed by atoms with Crippen molar-refractivity contribution in [2.75, 3.05) is 38.6 Å². The molecule has 5 nitrogen and oxygen atoms in total. The van der Waals surface area contributed by atoms with E-state index in [0.717, 1.165) is 38.3 Å². The number of anilines is 1. The molecule has 2 unspecified atom stereocenters. The third kappa shape index (κ3) is 5.53. The molecule has 1 fully saturated rings. The number of rotatable bonds is 8. The molecule has 5 heteroatoms. The van der Waals surface area contributed by atoms with Gasteiger partial charge in [-0.25, -0.2) is 0 Å². The zero-order chi connectivity index (χ0) is 15.1. The van der Waals surface area contributed by atoms with Crippen molar-refractivity contribution < 1.29 is 14.6 Å². The Morgan fingerprint density at radius 1 is 1.43 bits per heavy atom. The first-order chi connectivity index (χ1) is 10.2. The minimum absolute atomic E-state index is 0.284. The van der Waals surface area contributed by atoms with Crippen molar-refractivity contribution in [3.05, 3.63) is 24.3 Å². The summed E-state index contributed by atoms with van der Waals surface area (Å²) in [5, 5.41) is 10.1. The van der Waals surface area contributed by atoms with Gasteiger partial charge in [0.05, 0.1) is 6.10 Å². The van der Waals surface area contributed by atoms with Crippen molar-refractivity contribution in [1.82, 2.24) is 4.90 Å². The molecular formula is C16H26N2O3. The Balaban J connectivity index is 1.71. The minimum atomic E-state index is -0.510. The summed E-state index contributed by atoms with van der Waals surface area (Å²) < 4.78 is 11.2. The van der Waals surface area contributed by atoms with Crippen molar-refractivity contribution in [2.45, 2.75) is 32.0 Å². The van der Waals surface area contributed by atoms with Gasteiger partial charge in [-0.3, -0.25) is 4.90 Å². The van der Waals surface area contributed by atoms with E-state index in [-0.39, 0.29) is 6.61 Å². The minimum Gasteiger partial charge on any atom is -0.491 e. The molecule has 0 bridgehead atoms. The van der Waals surface area contributed by atoms with Crippen LogP contribution in [0.1, 0.15) is 19.8 Å². The highest BCUT2D eigenvalue weighted by Gasteiger charge is 2.20. The maximum atomic E-state index is 10.1. The molecule has 1 saturated heterocycles. The van der Waals surface area contributed by atoms with Crippen molar-refractivity contribution in [3.63, 3.8) is 0 Å². The van der Waals surface area contributed by atoms with Gasteiger partial charge < -0.3 is 20.3 Å². The van der Waals surface area contributed by atoms with Crippen LogP contribution in [0.15, 0.2) is 24.3 Å². The lowest BCUT2D eigenvalue weighted by molar-refractivity contribution is 0.0365. The van der Waals surface area contributed by atoms with Crippen molar-refractivity contribution in [1.29, 1.82) is 0 Å². The van der Waals surface area contributed by atoms with Crippen molar-refractivity contribution in [3.8, 4) is 5.75 Å². The van der Waals surface area contributed by atoms with Gasteiger partial charge in [-0.1, -0.05) is 6.92 Å². The highest BCUT2D eigenvalue weighted by atomic mass is 16.5. The van der Waals surface area contributed by atoms with Gasteiger partial charge in [0.1, 0.15) is 18.5 Å². The quantitative estimate of drug-likeness (QED) is 0.711. The smallest absolute Gasteiger partial charge is 0.119 e. The first-order valence-corrected chi connectivity index (χ1v) is 7.67. The fraction of sp³-hybridized carbons (Fsp3) is 0.625. The number of ether oxygens (including phenoxy) is 2. The van der Waals surface area contributed by atoms with Crippen LogP contribution in [-0.2, 0) is 4.74 Å². The van der Waals surface area contributed by atoms with E-state index in [0.29, 0.717) is 18.3 Å². The van der Waals surface area contributed by atoms with Crippen LogP contribution in [0.2, 0.25) is 0 Å². The maximum Gasteiger partial charge on any atom is 0.119 e. The van der Waals surface area contributed by atoms with Crippen LogP contribution >= 0.6 is 0 Å². The van der Waals surface area contributed by atoms with E-state index >= 15 is 0 Å². The van der Waals surface area contributed by atoms with Crippen LogP contribution in [0.4, 0.5) is 5.69 Å². The van der Waals surface area contributed by atoms with E-state index in [1.54, 1.807) is 12.1 Å². The van der Waals surface area contributed by atoms with Gasteiger partial charge in [0.2, 0.25) is 0 Å². The van der Waals surface area contributed by atoms with Gasteiger partial charge in [0.25, 0.3) is 0 Å². The summed E-state index contributed by atoms with van der Waals surface area (Å²) in [4.78, 5) is 2.22. The Hall–Kier alpha value is -1.30. The Morgan fingerprint density at radius 3 is 2.81 bits per heavy atom. The van der Waals surface area contributed by atoms with Gasteiger partial charge >= 0.3 is 0 Å². The number of nitrogens with two attached hydrogens (primary N) is 1. The number of aliphatic hydroxyl groups excluding tert-OH is 1. The average Bonchev–Trinajstić information content (AvgIpc) is 2.99. The van der Waals surface area contributed by atoms with E-state index in [2.05, 4.69) is 11.8 Å². The zero-order valence-electron chi connectivity index (χ0n) is 12.7. The van der Waals surface area contributed by atoms with Gasteiger partial charge in [-0.2, -0.15) is 0 Å². The molecule has 21 heavy (non-hydrogen) atoms. The molecule has 1 aromatic carbocycles. The first kappa shape index (κ1) is 16.1. The molecule has 2 rings (SSSR count). The van der Waals surface area contributed by atoms with Gasteiger partial charge in [0, 0.05) is 25.4 Å². The largest absolute Gasteiger partial charge is 0.491 e. The molecule has 0 saturated carbocycles. The van der Waals surface area contributed by atoms with E-state index in [4.69, 9.17) is 15.2 Å². The van der Waals surface area contributed by atoms with Gasteiger partial charge in [-0.05, 0) is 43.7 Å². The Bertz CT molecular complexity index is 404. The van der Waals surface area contributed by atoms with E-state index in [9.17, 15) is 5.11 Å². The van der Waals surface area contributed by atoms with Crippen LogP contribution < -0.4 is 10.5 Å². The first-order valence-electron chi connectivity index (χ1n) is 7.67. The van der Waals surface area contributed by atoms with E-state index in [1.165, 1.54) is 0 Å². The number of likely N-dealkylation sites (N-methyl/N-ethyl adjacent to an activating group) is 1. The van der Waals surface area contributed by atoms with Crippen molar-refractivity contribution in [2.24, 2.45) is 0 Å². The standard InChI is InChI=1S/C16H26N2O3/c1-2-18(11-16-4-3-9-20-16)10-14(19)12-21-15-7-5-13(17)6-8-15/h5-8,14,16,19H,2-4,9-12,17H2,1H3. The molecule has 118 valence electrons. The van der Waals surface area contributed by atoms with Crippen LogP contribution in [0, 0.1) is 0 Å². The lowest BCUT2D eigenvalue weighted by Gasteiger charge is -2.26. The second kappa shape index (κ2) is 8.22. The fourth-order valence-corrected chi connectivity index (χ4v) is 2.52. The second-order valence-corrected chi connectivity index (χ2v) is 5.52. The SMILES string of the molecule is CCN(CC(O)COc1ccc(N)cc1)CC1CCCO1. The topological polar surface area (TPSA) is 68.0 Å². The van der Waals surface area contributed by atoms with Crippen LogP contribution in [0.5, 0.6) is 5.75 Å². The number of nitrogens with zero attached hydrogens (tertiary/aromatic N) is 1. The van der Waals surface area contributed by atoms with Crippen molar-refractivity contribution >= 4 is 5.69 Å². The molecule has 0 amide bonds. The maximum absolute atomic E-state index is 10.1. The summed E-state index contributed by atoms with van der Waals surface area (Å²) >= 11 is 0. The number of aliphatic hydroxyl groups is 1. The average molecular weight is 294 g/mol. The molecule has 1 aliphatic heterocycles. The summed E-state index contributed by atoms with van der Waals surface area (Å²) in [6, 6.07) is 7.20. The summed E-state index contributed by atoms with van der Waals surface area (Å²) in [5.74, 6) is 0.727. The Morgan fingerprint density at radius 2 is 2.19 bits per heavy atom. The summed E-state index contributed by atoms with van der Waals surface area (Å²) in [7, 11) is 0. The molecule has 0 aliphatic carbocycles. The number of benzene rings is 1. The molecular weight excluding hydrogens is 268 g/mol. The predicted octanol–water partition coefficient (Wildman–Crippen LogP) is 1.51. The lowest BCUT2D eigenvalue weighted by atomic mass is 10.2. The normalized spacial score (nSPS) is 19.9. The predicted molar refractivity (Wildman–Crippen MR) is 83.4 cm³/mol. The molecule has 0 aromatic heterocycles. The van der Waals surface area contributed by atoms with E-state index in [1.807, 2.05) is 12.1 Å². The molecule has 1 aliphatic rings. The van der Waals surface area contributed by atoms with Gasteiger partial charge in [-0.15, -0.1) is 0 Å². The monoisotopic (exact) mass is 294 g/mol. The van der Waals surface area contributed by atoms with E-state index < -0.39 is 6.10 Å². The third-order valence-corrected chi connectivity index (χ3v) is 3.72. The number of hydrogen-bond acceptors (Lipinski definition) is 5. The summed E-state index contributed by atoms with van der Waals surface area (Å²) in [6.07, 6.45) is 2.07. The highest BCUT2D eigenvalue weighted by molar-refractivity contribution is 5.41. The molecule has 2 atom stereocenters. The summed E-state index contributed by atoms with van der Waals surface area (Å²) in [6.45, 7) is 5.64. The molecule has 1 heterocycles. The Labute approximate surface area is 126 Å². The van der Waals surface area contributed by atoms with Crippen LogP contribution in [0.3, 0.4) is 0 Å². The summed E-state index contributed by atoms with van der Waals surface area (Å²) in [5.41, 5.74) is 6.33. The van der Waals surface area contributed by atoms with Crippen LogP contribution in [0.25, 0.3) is 0 Å². The third-order valence-electron chi connectivity index (χ3n) is 3.72. The second-order valence-electron chi connectivity index (χ2n) is 5.52. The molecule has 0 spiro atoms. The number of hydrogen-bond donors (Lipinski definition) is 2. The molecule has 0 radical (unpaired) electrons. The highest BCUT2D eigenvalue weighted by Crippen LogP contribution is 2.15. The van der Waals surface area contributed by atoms with Gasteiger partial charge in [0.15, 0.2) is 0 Å². The zero-order valence-corrected chi connectivity index (χ0v) is 12.7. The lowest BCUT2D eigenvalue weighted by Crippen LogP contribution is -2.39. The molecule has 1 aromatic rings. The fourth-order valence-electron chi connectivity index (χ4n) is 2.52. The number of nitrogen functional groups attached to an aromatic ring is 1.